The van der Waals surface area contributed by atoms with Gasteiger partial charge in [-0.3, -0.25) is 14.3 Å². The molecule has 0 aliphatic heterocycles. The molecule has 1 amide bonds. The van der Waals surface area contributed by atoms with Gasteiger partial charge in [0, 0.05) is 11.9 Å². The molecule has 0 saturated heterocycles. The molecule has 0 radical (unpaired) electrons. The van der Waals surface area contributed by atoms with Crippen molar-refractivity contribution in [2.45, 2.75) is 32.6 Å². The van der Waals surface area contributed by atoms with E-state index in [2.05, 4.69) is 16.5 Å². The minimum absolute atomic E-state index is 0.169. The van der Waals surface area contributed by atoms with Gasteiger partial charge in [-0.05, 0) is 39.3 Å². The average Bonchev–Trinajstić information content (AvgIpc) is 2.78. The molecule has 1 N–H and O–H groups in total. The van der Waals surface area contributed by atoms with Gasteiger partial charge in [-0.15, -0.1) is 11.8 Å². The maximum atomic E-state index is 12.0. The predicted octanol–water partition coefficient (Wildman–Crippen LogP) is 2.93. The van der Waals surface area contributed by atoms with Crippen LogP contribution < -0.4 is 5.32 Å². The number of thioether (sulfide) groups is 1. The topological polar surface area (TPSA) is 73.2 Å². The summed E-state index contributed by atoms with van der Waals surface area (Å²) in [5.74, 6) is -0.619. The first-order chi connectivity index (χ1) is 11.8. The number of carbonyl (C=O) groups excluding carboxylic acids is 2. The molecule has 25 heavy (non-hydrogen) atoms. The summed E-state index contributed by atoms with van der Waals surface area (Å²) in [6.45, 7) is 7.41. The van der Waals surface area contributed by atoms with Gasteiger partial charge in [0.05, 0.1) is 22.8 Å². The predicted molar refractivity (Wildman–Crippen MR) is 98.9 cm³/mol. The van der Waals surface area contributed by atoms with E-state index in [-0.39, 0.29) is 18.3 Å². The second-order valence-electron chi connectivity index (χ2n) is 5.94. The molecule has 2 aromatic rings. The van der Waals surface area contributed by atoms with Crippen LogP contribution in [0.2, 0.25) is 0 Å². The summed E-state index contributed by atoms with van der Waals surface area (Å²) < 4.78 is 6.74. The third-order valence-electron chi connectivity index (χ3n) is 3.81. The number of esters is 1. The van der Waals surface area contributed by atoms with Gasteiger partial charge in [-0.2, -0.15) is 5.10 Å². The number of ether oxygens (including phenoxy) is 1. The lowest BCUT2D eigenvalue weighted by Gasteiger charge is -2.08. The highest BCUT2D eigenvalue weighted by molar-refractivity contribution is 8.00. The fraction of sp³-hybridized carbons (Fsp3) is 0.389. The van der Waals surface area contributed by atoms with Crippen molar-refractivity contribution in [3.63, 3.8) is 0 Å². The third-order valence-corrected chi connectivity index (χ3v) is 4.96. The standard InChI is InChI=1S/C18H23N3O3S/c1-11-6-7-15(12(2)8-11)25-10-17(23)24-9-16(22)19-18-13(3)20-21(5)14(18)4/h6-8H,9-10H2,1-5H3,(H,19,22). The lowest BCUT2D eigenvalue weighted by Crippen LogP contribution is -2.22. The number of amides is 1. The molecule has 0 unspecified atom stereocenters. The lowest BCUT2D eigenvalue weighted by atomic mass is 10.2. The Hall–Kier alpha value is -2.28. The Kier molecular flexibility index (Phi) is 6.25. The number of benzene rings is 1. The van der Waals surface area contributed by atoms with Crippen LogP contribution in [0, 0.1) is 27.7 Å². The normalized spacial score (nSPS) is 10.6. The Morgan fingerprint density at radius 3 is 2.56 bits per heavy atom. The van der Waals surface area contributed by atoms with Crippen molar-refractivity contribution < 1.29 is 14.3 Å². The number of nitrogens with one attached hydrogen (secondary N) is 1. The van der Waals surface area contributed by atoms with E-state index in [9.17, 15) is 9.59 Å². The van der Waals surface area contributed by atoms with Gasteiger partial charge >= 0.3 is 5.97 Å². The average molecular weight is 361 g/mol. The van der Waals surface area contributed by atoms with Crippen LogP contribution in [0.3, 0.4) is 0 Å². The Bertz CT molecular complexity index is 799. The van der Waals surface area contributed by atoms with Gasteiger partial charge in [-0.1, -0.05) is 17.7 Å². The molecule has 0 aliphatic carbocycles. The molecule has 1 aromatic carbocycles. The highest BCUT2D eigenvalue weighted by atomic mass is 32.2. The van der Waals surface area contributed by atoms with Gasteiger partial charge in [-0.25, -0.2) is 0 Å². The zero-order valence-corrected chi connectivity index (χ0v) is 16.0. The van der Waals surface area contributed by atoms with Crippen LogP contribution in [-0.4, -0.2) is 34.0 Å². The van der Waals surface area contributed by atoms with E-state index < -0.39 is 5.97 Å². The van der Waals surface area contributed by atoms with E-state index in [0.717, 1.165) is 21.8 Å². The summed E-state index contributed by atoms with van der Waals surface area (Å²) in [7, 11) is 1.81. The summed E-state index contributed by atoms with van der Waals surface area (Å²) in [6, 6.07) is 6.07. The van der Waals surface area contributed by atoms with Crippen molar-refractivity contribution in [1.82, 2.24) is 9.78 Å². The van der Waals surface area contributed by atoms with Crippen LogP contribution in [0.4, 0.5) is 5.69 Å². The summed E-state index contributed by atoms with van der Waals surface area (Å²) in [5, 5.41) is 6.96. The van der Waals surface area contributed by atoms with Crippen LogP contribution in [0.15, 0.2) is 23.1 Å². The SMILES string of the molecule is Cc1ccc(SCC(=O)OCC(=O)Nc2c(C)nn(C)c2C)c(C)c1. The zero-order valence-electron chi connectivity index (χ0n) is 15.2. The van der Waals surface area contributed by atoms with Crippen molar-refractivity contribution in [3.8, 4) is 0 Å². The van der Waals surface area contributed by atoms with E-state index in [1.54, 1.807) is 4.68 Å². The Balaban J connectivity index is 1.80. The molecule has 2 rings (SSSR count). The van der Waals surface area contributed by atoms with Crippen LogP contribution in [0.25, 0.3) is 0 Å². The minimum Gasteiger partial charge on any atom is -0.455 e. The molecule has 1 aromatic heterocycles. The number of aryl methyl sites for hydroxylation is 4. The van der Waals surface area contributed by atoms with E-state index in [4.69, 9.17) is 4.74 Å². The van der Waals surface area contributed by atoms with Crippen molar-refractivity contribution in [3.05, 3.63) is 40.7 Å². The number of anilines is 1. The summed E-state index contributed by atoms with van der Waals surface area (Å²) >= 11 is 1.41. The van der Waals surface area contributed by atoms with E-state index in [1.165, 1.54) is 17.3 Å². The first-order valence-corrected chi connectivity index (χ1v) is 8.92. The molecular formula is C18H23N3O3S. The first kappa shape index (κ1) is 19.1. The van der Waals surface area contributed by atoms with Crippen molar-refractivity contribution >= 4 is 29.3 Å². The molecule has 1 heterocycles. The smallest absolute Gasteiger partial charge is 0.316 e. The van der Waals surface area contributed by atoms with Crippen LogP contribution in [0.1, 0.15) is 22.5 Å². The van der Waals surface area contributed by atoms with Crippen molar-refractivity contribution in [1.29, 1.82) is 0 Å². The van der Waals surface area contributed by atoms with Crippen molar-refractivity contribution in [2.24, 2.45) is 7.05 Å². The number of rotatable bonds is 6. The summed E-state index contributed by atoms with van der Waals surface area (Å²) in [5.41, 5.74) is 4.54. The molecular weight excluding hydrogens is 338 g/mol. The maximum Gasteiger partial charge on any atom is 0.316 e. The third kappa shape index (κ3) is 5.09. The number of hydrogen-bond donors (Lipinski definition) is 1. The lowest BCUT2D eigenvalue weighted by molar-refractivity contribution is -0.144. The fourth-order valence-corrected chi connectivity index (χ4v) is 3.22. The van der Waals surface area contributed by atoms with Gasteiger partial charge in [0.25, 0.3) is 5.91 Å². The molecule has 134 valence electrons. The molecule has 0 spiro atoms. The number of aromatic nitrogens is 2. The Labute approximate surface area is 151 Å². The number of hydrogen-bond acceptors (Lipinski definition) is 5. The zero-order chi connectivity index (χ0) is 18.6. The largest absolute Gasteiger partial charge is 0.455 e. The monoisotopic (exact) mass is 361 g/mol. The Morgan fingerprint density at radius 2 is 1.96 bits per heavy atom. The second kappa shape index (κ2) is 8.20. The molecule has 0 saturated carbocycles. The fourth-order valence-electron chi connectivity index (χ4n) is 2.42. The van der Waals surface area contributed by atoms with Crippen molar-refractivity contribution in [2.75, 3.05) is 17.7 Å². The highest BCUT2D eigenvalue weighted by Crippen LogP contribution is 2.23. The molecule has 7 heteroatoms. The maximum absolute atomic E-state index is 12.0. The van der Waals surface area contributed by atoms with E-state index >= 15 is 0 Å². The van der Waals surface area contributed by atoms with Crippen LogP contribution in [0.5, 0.6) is 0 Å². The molecule has 6 nitrogen and oxygen atoms in total. The van der Waals surface area contributed by atoms with E-state index in [0.29, 0.717) is 5.69 Å². The minimum atomic E-state index is -0.417. The van der Waals surface area contributed by atoms with Gasteiger partial charge in [0.1, 0.15) is 0 Å². The van der Waals surface area contributed by atoms with Gasteiger partial charge < -0.3 is 10.1 Å². The molecule has 0 fully saturated rings. The van der Waals surface area contributed by atoms with Gasteiger partial charge in [0.15, 0.2) is 6.61 Å². The highest BCUT2D eigenvalue weighted by Gasteiger charge is 2.14. The van der Waals surface area contributed by atoms with Gasteiger partial charge in [0.2, 0.25) is 0 Å². The number of carbonyl (C=O) groups is 2. The summed E-state index contributed by atoms with van der Waals surface area (Å²) in [6.07, 6.45) is 0. The van der Waals surface area contributed by atoms with Crippen LogP contribution in [-0.2, 0) is 21.4 Å². The second-order valence-corrected chi connectivity index (χ2v) is 6.95. The number of nitrogens with zero attached hydrogens (tertiary/aromatic N) is 2. The first-order valence-electron chi connectivity index (χ1n) is 7.93. The molecule has 0 aliphatic rings. The molecule has 0 bridgehead atoms. The quantitative estimate of drug-likeness (QED) is 0.633. The van der Waals surface area contributed by atoms with E-state index in [1.807, 2.05) is 46.9 Å². The molecule has 0 atom stereocenters. The van der Waals surface area contributed by atoms with Crippen LogP contribution >= 0.6 is 11.8 Å². The summed E-state index contributed by atoms with van der Waals surface area (Å²) in [4.78, 5) is 24.8. The Morgan fingerprint density at radius 1 is 1.24 bits per heavy atom.